The van der Waals surface area contributed by atoms with Crippen LogP contribution in [0.4, 0.5) is 4.39 Å². The Hall–Kier alpha value is -2.74. The van der Waals surface area contributed by atoms with Gasteiger partial charge in [-0.15, -0.1) is 0 Å². The zero-order chi connectivity index (χ0) is 16.7. The lowest BCUT2D eigenvalue weighted by Crippen LogP contribution is -2.07. The van der Waals surface area contributed by atoms with E-state index in [1.165, 1.54) is 6.07 Å². The molecule has 0 N–H and O–H groups in total. The first kappa shape index (κ1) is 16.6. The standard InChI is InChI=1S/C18H18FNO3/c1-21-16-8-5-9-17(22-2)18(16)23-11-10-13(12-20)14-6-3-4-7-15(14)19/h3-9,13H,10-11H2,1-2H3. The Kier molecular flexibility index (Phi) is 5.81. The van der Waals surface area contributed by atoms with E-state index in [1.807, 2.05) is 0 Å². The maximum Gasteiger partial charge on any atom is 0.203 e. The summed E-state index contributed by atoms with van der Waals surface area (Å²) in [6.07, 6.45) is 0.360. The average Bonchev–Trinajstić information content (AvgIpc) is 2.59. The number of ether oxygens (including phenoxy) is 3. The van der Waals surface area contributed by atoms with Crippen molar-refractivity contribution in [1.82, 2.24) is 0 Å². The number of hydrogen-bond donors (Lipinski definition) is 0. The van der Waals surface area contributed by atoms with Crippen LogP contribution in [0, 0.1) is 17.1 Å². The summed E-state index contributed by atoms with van der Waals surface area (Å²) in [6, 6.07) is 13.7. The van der Waals surface area contributed by atoms with E-state index in [2.05, 4.69) is 6.07 Å². The fourth-order valence-corrected chi connectivity index (χ4v) is 2.29. The van der Waals surface area contributed by atoms with Crippen molar-refractivity contribution in [3.8, 4) is 23.3 Å². The summed E-state index contributed by atoms with van der Waals surface area (Å²) >= 11 is 0. The number of nitrogens with zero attached hydrogens (tertiary/aromatic N) is 1. The minimum absolute atomic E-state index is 0.239. The van der Waals surface area contributed by atoms with Crippen molar-refractivity contribution in [2.75, 3.05) is 20.8 Å². The Morgan fingerprint density at radius 1 is 1.04 bits per heavy atom. The fourth-order valence-electron chi connectivity index (χ4n) is 2.29. The summed E-state index contributed by atoms with van der Waals surface area (Å²) < 4.78 is 30.0. The summed E-state index contributed by atoms with van der Waals surface area (Å²) in [4.78, 5) is 0. The van der Waals surface area contributed by atoms with Gasteiger partial charge in [-0.2, -0.15) is 5.26 Å². The van der Waals surface area contributed by atoms with E-state index in [4.69, 9.17) is 14.2 Å². The Labute approximate surface area is 135 Å². The van der Waals surface area contributed by atoms with E-state index >= 15 is 0 Å². The van der Waals surface area contributed by atoms with E-state index in [0.29, 0.717) is 29.2 Å². The van der Waals surface area contributed by atoms with Crippen LogP contribution in [0.5, 0.6) is 17.2 Å². The molecule has 0 radical (unpaired) electrons. The van der Waals surface area contributed by atoms with Gasteiger partial charge in [0.15, 0.2) is 11.5 Å². The molecule has 120 valence electrons. The lowest BCUT2D eigenvalue weighted by atomic mass is 9.97. The lowest BCUT2D eigenvalue weighted by Gasteiger charge is -2.15. The Bertz CT molecular complexity index is 675. The van der Waals surface area contributed by atoms with Crippen LogP contribution in [-0.4, -0.2) is 20.8 Å². The minimum atomic E-state index is -0.572. The maximum atomic E-state index is 13.8. The number of methoxy groups -OCH3 is 2. The van der Waals surface area contributed by atoms with Crippen LogP contribution in [0.25, 0.3) is 0 Å². The van der Waals surface area contributed by atoms with Gasteiger partial charge in [-0.3, -0.25) is 0 Å². The van der Waals surface area contributed by atoms with Crippen molar-refractivity contribution in [2.24, 2.45) is 0 Å². The van der Waals surface area contributed by atoms with Gasteiger partial charge in [0.05, 0.1) is 32.8 Å². The third kappa shape index (κ3) is 3.92. The van der Waals surface area contributed by atoms with Gasteiger partial charge < -0.3 is 14.2 Å². The third-order valence-corrected chi connectivity index (χ3v) is 3.47. The molecule has 0 amide bonds. The van der Waals surface area contributed by atoms with Gasteiger partial charge in [-0.05, 0) is 18.2 Å². The Balaban J connectivity index is 2.07. The van der Waals surface area contributed by atoms with Crippen LogP contribution in [-0.2, 0) is 0 Å². The number of para-hydroxylation sites is 1. The Morgan fingerprint density at radius 2 is 1.70 bits per heavy atom. The fraction of sp³-hybridized carbons (Fsp3) is 0.278. The molecule has 2 aromatic carbocycles. The highest BCUT2D eigenvalue weighted by Gasteiger charge is 2.16. The molecular weight excluding hydrogens is 297 g/mol. The number of nitriles is 1. The molecule has 0 saturated carbocycles. The minimum Gasteiger partial charge on any atom is -0.493 e. The molecule has 0 bridgehead atoms. The largest absolute Gasteiger partial charge is 0.493 e. The van der Waals surface area contributed by atoms with Gasteiger partial charge in [-0.1, -0.05) is 24.3 Å². The topological polar surface area (TPSA) is 51.5 Å². The van der Waals surface area contributed by atoms with Crippen LogP contribution in [0.2, 0.25) is 0 Å². The SMILES string of the molecule is COc1cccc(OC)c1OCCC(C#N)c1ccccc1F. The molecule has 0 heterocycles. The summed E-state index contributed by atoms with van der Waals surface area (Å²) in [5.41, 5.74) is 0.380. The lowest BCUT2D eigenvalue weighted by molar-refractivity contribution is 0.267. The molecule has 0 spiro atoms. The molecule has 0 fully saturated rings. The first-order chi connectivity index (χ1) is 11.2. The molecule has 23 heavy (non-hydrogen) atoms. The van der Waals surface area contributed by atoms with E-state index < -0.39 is 5.92 Å². The highest BCUT2D eigenvalue weighted by atomic mass is 19.1. The van der Waals surface area contributed by atoms with E-state index in [0.717, 1.165) is 0 Å². The number of rotatable bonds is 7. The predicted molar refractivity (Wildman–Crippen MR) is 84.4 cm³/mol. The van der Waals surface area contributed by atoms with Crippen molar-refractivity contribution in [3.63, 3.8) is 0 Å². The molecule has 0 aliphatic carbocycles. The van der Waals surface area contributed by atoms with Crippen LogP contribution in [0.3, 0.4) is 0 Å². The molecule has 0 saturated heterocycles. The first-order valence-electron chi connectivity index (χ1n) is 7.19. The second kappa shape index (κ2) is 8.04. The molecule has 0 aliphatic rings. The quantitative estimate of drug-likeness (QED) is 0.777. The van der Waals surface area contributed by atoms with Gasteiger partial charge in [0.25, 0.3) is 0 Å². The van der Waals surface area contributed by atoms with Crippen LogP contribution < -0.4 is 14.2 Å². The highest BCUT2D eigenvalue weighted by Crippen LogP contribution is 2.37. The summed E-state index contributed by atoms with van der Waals surface area (Å²) in [5.74, 6) is 0.612. The second-order valence-corrected chi connectivity index (χ2v) is 4.83. The molecule has 5 heteroatoms. The molecule has 0 aliphatic heterocycles. The molecular formula is C18H18FNO3. The van der Waals surface area contributed by atoms with Crippen molar-refractivity contribution >= 4 is 0 Å². The molecule has 2 rings (SSSR count). The van der Waals surface area contributed by atoms with Crippen molar-refractivity contribution in [3.05, 3.63) is 53.8 Å². The summed E-state index contributed by atoms with van der Waals surface area (Å²) in [5, 5.41) is 9.28. The number of benzene rings is 2. The highest BCUT2D eigenvalue weighted by molar-refractivity contribution is 5.51. The van der Waals surface area contributed by atoms with Gasteiger partial charge in [0, 0.05) is 12.0 Å². The van der Waals surface area contributed by atoms with Crippen molar-refractivity contribution in [2.45, 2.75) is 12.3 Å². The summed E-state index contributed by atoms with van der Waals surface area (Å²) in [6.45, 7) is 0.239. The van der Waals surface area contributed by atoms with Gasteiger partial charge in [-0.25, -0.2) is 4.39 Å². The van der Waals surface area contributed by atoms with E-state index in [9.17, 15) is 9.65 Å². The second-order valence-electron chi connectivity index (χ2n) is 4.83. The molecule has 4 nitrogen and oxygen atoms in total. The number of halogens is 1. The normalized spacial score (nSPS) is 11.4. The van der Waals surface area contributed by atoms with Crippen LogP contribution in [0.15, 0.2) is 42.5 Å². The predicted octanol–water partition coefficient (Wildman–Crippen LogP) is 3.92. The third-order valence-electron chi connectivity index (χ3n) is 3.47. The first-order valence-corrected chi connectivity index (χ1v) is 7.19. The van der Waals surface area contributed by atoms with Gasteiger partial charge in [0.2, 0.25) is 5.75 Å². The van der Waals surface area contributed by atoms with Gasteiger partial charge >= 0.3 is 0 Å². The molecule has 1 unspecified atom stereocenters. The van der Waals surface area contributed by atoms with Gasteiger partial charge in [0.1, 0.15) is 5.82 Å². The number of hydrogen-bond acceptors (Lipinski definition) is 4. The molecule has 1 atom stereocenters. The zero-order valence-electron chi connectivity index (χ0n) is 13.1. The smallest absolute Gasteiger partial charge is 0.203 e. The van der Waals surface area contributed by atoms with E-state index in [1.54, 1.807) is 50.6 Å². The maximum absolute atomic E-state index is 13.8. The molecule has 2 aromatic rings. The van der Waals surface area contributed by atoms with E-state index in [-0.39, 0.29) is 12.4 Å². The summed E-state index contributed by atoms with van der Waals surface area (Å²) in [7, 11) is 3.08. The van der Waals surface area contributed by atoms with Crippen LogP contribution in [0.1, 0.15) is 17.9 Å². The Morgan fingerprint density at radius 3 is 2.26 bits per heavy atom. The monoisotopic (exact) mass is 315 g/mol. The zero-order valence-corrected chi connectivity index (χ0v) is 13.1. The van der Waals surface area contributed by atoms with Crippen molar-refractivity contribution in [1.29, 1.82) is 5.26 Å². The average molecular weight is 315 g/mol. The molecule has 0 aromatic heterocycles. The van der Waals surface area contributed by atoms with Crippen molar-refractivity contribution < 1.29 is 18.6 Å². The van der Waals surface area contributed by atoms with Crippen LogP contribution >= 0.6 is 0 Å².